The summed E-state index contributed by atoms with van der Waals surface area (Å²) in [4.78, 5) is 0. The van der Waals surface area contributed by atoms with Crippen LogP contribution in [0.15, 0.2) is 0 Å². The van der Waals surface area contributed by atoms with E-state index in [9.17, 15) is 0 Å². The molecule has 60 valence electrons. The van der Waals surface area contributed by atoms with Crippen molar-refractivity contribution < 1.29 is 0 Å². The van der Waals surface area contributed by atoms with E-state index in [0.29, 0.717) is 5.54 Å². The number of hydrogen-bond donors (Lipinski definition) is 2. The highest BCUT2D eigenvalue weighted by Gasteiger charge is 2.40. The Kier molecular flexibility index (Phi) is 2.32. The van der Waals surface area contributed by atoms with Crippen LogP contribution in [-0.2, 0) is 0 Å². The standard InChI is InChI=1S/C8H18N2/c1-7(2)5-10-8(6-9)3-4-8/h7,10H,3-6,9H2,1-2H3. The van der Waals surface area contributed by atoms with Crippen molar-refractivity contribution in [1.82, 2.24) is 5.32 Å². The number of rotatable bonds is 4. The summed E-state index contributed by atoms with van der Waals surface area (Å²) in [6.45, 7) is 6.36. The molecule has 0 heterocycles. The van der Waals surface area contributed by atoms with Crippen molar-refractivity contribution in [2.24, 2.45) is 11.7 Å². The van der Waals surface area contributed by atoms with Crippen LogP contribution >= 0.6 is 0 Å². The van der Waals surface area contributed by atoms with E-state index in [0.717, 1.165) is 19.0 Å². The number of hydrogen-bond acceptors (Lipinski definition) is 2. The van der Waals surface area contributed by atoms with E-state index in [1.54, 1.807) is 0 Å². The molecule has 2 heteroatoms. The van der Waals surface area contributed by atoms with Crippen LogP contribution in [0.1, 0.15) is 26.7 Å². The monoisotopic (exact) mass is 142 g/mol. The fourth-order valence-electron chi connectivity index (χ4n) is 1.02. The fourth-order valence-corrected chi connectivity index (χ4v) is 1.02. The second-order valence-electron chi connectivity index (χ2n) is 3.76. The van der Waals surface area contributed by atoms with Crippen molar-refractivity contribution in [3.05, 3.63) is 0 Å². The third kappa shape index (κ3) is 1.96. The van der Waals surface area contributed by atoms with Gasteiger partial charge >= 0.3 is 0 Å². The molecule has 0 unspecified atom stereocenters. The smallest absolute Gasteiger partial charge is 0.0305 e. The molecule has 0 aromatic heterocycles. The van der Waals surface area contributed by atoms with E-state index in [1.165, 1.54) is 12.8 Å². The average molecular weight is 142 g/mol. The first kappa shape index (κ1) is 8.02. The van der Waals surface area contributed by atoms with Crippen LogP contribution in [0.2, 0.25) is 0 Å². The molecule has 0 amide bonds. The van der Waals surface area contributed by atoms with Crippen molar-refractivity contribution in [3.8, 4) is 0 Å². The summed E-state index contributed by atoms with van der Waals surface area (Å²) < 4.78 is 0. The summed E-state index contributed by atoms with van der Waals surface area (Å²) in [5, 5.41) is 3.49. The van der Waals surface area contributed by atoms with E-state index in [1.807, 2.05) is 0 Å². The molecule has 2 nitrogen and oxygen atoms in total. The molecule has 1 aliphatic rings. The van der Waals surface area contributed by atoms with Crippen molar-refractivity contribution in [3.63, 3.8) is 0 Å². The zero-order chi connectivity index (χ0) is 7.61. The lowest BCUT2D eigenvalue weighted by Gasteiger charge is -2.16. The Morgan fingerprint density at radius 3 is 2.40 bits per heavy atom. The van der Waals surface area contributed by atoms with Crippen LogP contribution in [0.5, 0.6) is 0 Å². The van der Waals surface area contributed by atoms with E-state index in [-0.39, 0.29) is 0 Å². The van der Waals surface area contributed by atoms with Gasteiger partial charge in [0.1, 0.15) is 0 Å². The highest BCUT2D eigenvalue weighted by Crippen LogP contribution is 2.33. The zero-order valence-corrected chi connectivity index (χ0v) is 6.98. The number of nitrogens with two attached hydrogens (primary N) is 1. The number of nitrogens with one attached hydrogen (secondary N) is 1. The highest BCUT2D eigenvalue weighted by molar-refractivity contribution is 5.02. The van der Waals surface area contributed by atoms with Gasteiger partial charge in [0.05, 0.1) is 0 Å². The molecule has 1 aliphatic carbocycles. The molecular weight excluding hydrogens is 124 g/mol. The van der Waals surface area contributed by atoms with E-state index >= 15 is 0 Å². The fraction of sp³-hybridized carbons (Fsp3) is 1.00. The SMILES string of the molecule is CC(C)CNC1(CN)CC1. The maximum Gasteiger partial charge on any atom is 0.0305 e. The Labute approximate surface area is 63.2 Å². The first-order valence-electron chi connectivity index (χ1n) is 4.14. The summed E-state index contributed by atoms with van der Waals surface area (Å²) in [5.41, 5.74) is 5.94. The molecule has 0 aliphatic heterocycles. The van der Waals surface area contributed by atoms with Gasteiger partial charge in [-0.15, -0.1) is 0 Å². The van der Waals surface area contributed by atoms with Gasteiger partial charge in [-0.2, -0.15) is 0 Å². The molecular formula is C8H18N2. The van der Waals surface area contributed by atoms with Gasteiger partial charge in [0.25, 0.3) is 0 Å². The summed E-state index contributed by atoms with van der Waals surface area (Å²) in [7, 11) is 0. The summed E-state index contributed by atoms with van der Waals surface area (Å²) in [6, 6.07) is 0. The molecule has 1 rings (SSSR count). The zero-order valence-electron chi connectivity index (χ0n) is 6.98. The molecule has 1 fully saturated rings. The normalized spacial score (nSPS) is 21.6. The van der Waals surface area contributed by atoms with E-state index < -0.39 is 0 Å². The van der Waals surface area contributed by atoms with Crippen molar-refractivity contribution in [2.75, 3.05) is 13.1 Å². The maximum atomic E-state index is 5.59. The van der Waals surface area contributed by atoms with Crippen molar-refractivity contribution in [1.29, 1.82) is 0 Å². The van der Waals surface area contributed by atoms with Crippen LogP contribution < -0.4 is 11.1 Å². The molecule has 0 aromatic carbocycles. The minimum atomic E-state index is 0.351. The van der Waals surface area contributed by atoms with E-state index in [2.05, 4.69) is 19.2 Å². The summed E-state index contributed by atoms with van der Waals surface area (Å²) in [5.74, 6) is 0.740. The second kappa shape index (κ2) is 2.89. The Hall–Kier alpha value is -0.0800. The third-order valence-corrected chi connectivity index (χ3v) is 2.13. The highest BCUT2D eigenvalue weighted by atomic mass is 15.0. The molecule has 1 saturated carbocycles. The van der Waals surface area contributed by atoms with Crippen molar-refractivity contribution >= 4 is 0 Å². The van der Waals surface area contributed by atoms with Gasteiger partial charge in [0, 0.05) is 12.1 Å². The average Bonchev–Trinajstić information content (AvgIpc) is 2.64. The first-order valence-corrected chi connectivity index (χ1v) is 4.14. The molecule has 0 saturated heterocycles. The van der Waals surface area contributed by atoms with Gasteiger partial charge in [-0.05, 0) is 25.3 Å². The van der Waals surface area contributed by atoms with Gasteiger partial charge in [-0.25, -0.2) is 0 Å². The lowest BCUT2D eigenvalue weighted by Crippen LogP contribution is -2.40. The molecule has 0 atom stereocenters. The Morgan fingerprint density at radius 1 is 1.50 bits per heavy atom. The van der Waals surface area contributed by atoms with Crippen LogP contribution in [0, 0.1) is 5.92 Å². The Morgan fingerprint density at radius 2 is 2.10 bits per heavy atom. The van der Waals surface area contributed by atoms with Gasteiger partial charge in [0.15, 0.2) is 0 Å². The third-order valence-electron chi connectivity index (χ3n) is 2.13. The Balaban J connectivity index is 2.13. The van der Waals surface area contributed by atoms with Gasteiger partial charge < -0.3 is 11.1 Å². The maximum absolute atomic E-state index is 5.59. The van der Waals surface area contributed by atoms with E-state index in [4.69, 9.17) is 5.73 Å². The minimum Gasteiger partial charge on any atom is -0.329 e. The molecule has 0 radical (unpaired) electrons. The molecule has 0 bridgehead atoms. The van der Waals surface area contributed by atoms with Crippen LogP contribution in [0.3, 0.4) is 0 Å². The van der Waals surface area contributed by atoms with Crippen molar-refractivity contribution in [2.45, 2.75) is 32.2 Å². The van der Waals surface area contributed by atoms with Gasteiger partial charge in [-0.1, -0.05) is 13.8 Å². The lowest BCUT2D eigenvalue weighted by molar-refractivity contribution is 0.454. The van der Waals surface area contributed by atoms with Crippen LogP contribution in [0.25, 0.3) is 0 Å². The molecule has 0 spiro atoms. The first-order chi connectivity index (χ1) is 4.68. The minimum absolute atomic E-state index is 0.351. The predicted octanol–water partition coefficient (Wildman–Crippen LogP) is 0.723. The van der Waals surface area contributed by atoms with Crippen LogP contribution in [0.4, 0.5) is 0 Å². The summed E-state index contributed by atoms with van der Waals surface area (Å²) in [6.07, 6.45) is 2.55. The summed E-state index contributed by atoms with van der Waals surface area (Å²) >= 11 is 0. The molecule has 3 N–H and O–H groups in total. The van der Waals surface area contributed by atoms with Crippen LogP contribution in [-0.4, -0.2) is 18.6 Å². The quantitative estimate of drug-likeness (QED) is 0.607. The predicted molar refractivity (Wildman–Crippen MR) is 43.9 cm³/mol. The largest absolute Gasteiger partial charge is 0.329 e. The van der Waals surface area contributed by atoms with Gasteiger partial charge in [0.2, 0.25) is 0 Å². The molecule has 10 heavy (non-hydrogen) atoms. The second-order valence-corrected chi connectivity index (χ2v) is 3.76. The molecule has 0 aromatic rings. The topological polar surface area (TPSA) is 38.0 Å². The van der Waals surface area contributed by atoms with Gasteiger partial charge in [-0.3, -0.25) is 0 Å². The Bertz CT molecular complexity index is 106. The lowest BCUT2D eigenvalue weighted by atomic mass is 10.2.